The van der Waals surface area contributed by atoms with Gasteiger partial charge in [0.2, 0.25) is 0 Å². The number of carbonyl (C=O) groups is 2. The van der Waals surface area contributed by atoms with Gasteiger partial charge < -0.3 is 4.74 Å². The maximum absolute atomic E-state index is 12.4. The average molecular weight is 467 g/mol. The van der Waals surface area contributed by atoms with E-state index in [1.54, 1.807) is 19.1 Å². The first kappa shape index (κ1) is 21.6. The SMILES string of the molecule is Cc1cc(Br)cc(C)c1OC(C)C(=O)NNC(=O)c1ccc(-c2ccccc2)cc1. The molecule has 1 unspecified atom stereocenters. The number of rotatable bonds is 5. The van der Waals surface area contributed by atoms with Gasteiger partial charge in [-0.15, -0.1) is 0 Å². The number of aryl methyl sites for hydroxylation is 2. The number of hydrazine groups is 1. The fourth-order valence-electron chi connectivity index (χ4n) is 3.05. The topological polar surface area (TPSA) is 67.4 Å². The predicted octanol–water partition coefficient (Wildman–Crippen LogP) is 4.96. The minimum atomic E-state index is -0.774. The van der Waals surface area contributed by atoms with Gasteiger partial charge in [-0.05, 0) is 67.3 Å². The molecule has 3 aromatic carbocycles. The Kier molecular flexibility index (Phi) is 6.90. The van der Waals surface area contributed by atoms with Crippen LogP contribution in [0, 0.1) is 13.8 Å². The van der Waals surface area contributed by atoms with Crippen LogP contribution in [0.4, 0.5) is 0 Å². The Morgan fingerprint density at radius 3 is 2.03 bits per heavy atom. The van der Waals surface area contributed by atoms with Crippen molar-refractivity contribution in [3.63, 3.8) is 0 Å². The number of benzene rings is 3. The number of amides is 2. The van der Waals surface area contributed by atoms with Crippen LogP contribution in [0.15, 0.2) is 71.2 Å². The van der Waals surface area contributed by atoms with Gasteiger partial charge in [0.25, 0.3) is 11.8 Å². The van der Waals surface area contributed by atoms with E-state index in [0.717, 1.165) is 26.7 Å². The first-order valence-corrected chi connectivity index (χ1v) is 10.3. The standard InChI is InChI=1S/C24H23BrN2O3/c1-15-13-21(25)14-16(2)22(15)30-17(3)23(28)26-27-24(29)20-11-9-19(10-12-20)18-7-5-4-6-8-18/h4-14,17H,1-3H3,(H,26,28)(H,27,29). The number of hydrogen-bond acceptors (Lipinski definition) is 3. The molecule has 3 rings (SSSR count). The maximum Gasteiger partial charge on any atom is 0.279 e. The summed E-state index contributed by atoms with van der Waals surface area (Å²) in [5.41, 5.74) is 9.23. The lowest BCUT2D eigenvalue weighted by atomic mass is 10.0. The molecule has 6 heteroatoms. The lowest BCUT2D eigenvalue weighted by molar-refractivity contribution is -0.128. The summed E-state index contributed by atoms with van der Waals surface area (Å²) in [5.74, 6) is -0.180. The molecule has 3 aromatic rings. The summed E-state index contributed by atoms with van der Waals surface area (Å²) in [6.07, 6.45) is -0.774. The highest BCUT2D eigenvalue weighted by Crippen LogP contribution is 2.28. The summed E-state index contributed by atoms with van der Waals surface area (Å²) in [5, 5.41) is 0. The molecule has 2 N–H and O–H groups in total. The summed E-state index contributed by atoms with van der Waals surface area (Å²) in [6, 6.07) is 20.9. The summed E-state index contributed by atoms with van der Waals surface area (Å²) in [6.45, 7) is 5.47. The van der Waals surface area contributed by atoms with Crippen LogP contribution in [0.1, 0.15) is 28.4 Å². The van der Waals surface area contributed by atoms with E-state index in [9.17, 15) is 9.59 Å². The molecule has 0 saturated heterocycles. The molecule has 0 spiro atoms. The van der Waals surface area contributed by atoms with Crippen molar-refractivity contribution >= 4 is 27.7 Å². The number of halogens is 1. The smallest absolute Gasteiger partial charge is 0.279 e. The lowest BCUT2D eigenvalue weighted by Crippen LogP contribution is -2.47. The van der Waals surface area contributed by atoms with E-state index >= 15 is 0 Å². The fraction of sp³-hybridized carbons (Fsp3) is 0.167. The highest BCUT2D eigenvalue weighted by atomic mass is 79.9. The molecule has 30 heavy (non-hydrogen) atoms. The normalized spacial score (nSPS) is 11.5. The maximum atomic E-state index is 12.4. The Morgan fingerprint density at radius 2 is 1.43 bits per heavy atom. The van der Waals surface area contributed by atoms with Crippen molar-refractivity contribution < 1.29 is 14.3 Å². The van der Waals surface area contributed by atoms with Crippen molar-refractivity contribution in [1.82, 2.24) is 10.9 Å². The van der Waals surface area contributed by atoms with Crippen molar-refractivity contribution in [2.24, 2.45) is 0 Å². The third kappa shape index (κ3) is 5.27. The Bertz CT molecular complexity index is 1030. The van der Waals surface area contributed by atoms with Crippen LogP contribution in [0.25, 0.3) is 11.1 Å². The quantitative estimate of drug-likeness (QED) is 0.522. The first-order valence-electron chi connectivity index (χ1n) is 9.54. The molecule has 5 nitrogen and oxygen atoms in total. The van der Waals surface area contributed by atoms with E-state index in [0.29, 0.717) is 11.3 Å². The van der Waals surface area contributed by atoms with E-state index in [1.807, 2.05) is 68.4 Å². The summed E-state index contributed by atoms with van der Waals surface area (Å²) in [7, 11) is 0. The second-order valence-corrected chi connectivity index (χ2v) is 7.93. The van der Waals surface area contributed by atoms with Gasteiger partial charge in [0.1, 0.15) is 5.75 Å². The van der Waals surface area contributed by atoms with Gasteiger partial charge >= 0.3 is 0 Å². The number of ether oxygens (including phenoxy) is 1. The van der Waals surface area contributed by atoms with Gasteiger partial charge in [-0.3, -0.25) is 20.4 Å². The lowest BCUT2D eigenvalue weighted by Gasteiger charge is -2.18. The second-order valence-electron chi connectivity index (χ2n) is 7.02. The van der Waals surface area contributed by atoms with Crippen LogP contribution in [0.5, 0.6) is 5.75 Å². The minimum absolute atomic E-state index is 0.397. The van der Waals surface area contributed by atoms with Crippen LogP contribution in [0.3, 0.4) is 0 Å². The number of nitrogens with one attached hydrogen (secondary N) is 2. The molecule has 0 aliphatic carbocycles. The third-order valence-corrected chi connectivity index (χ3v) is 5.10. The number of carbonyl (C=O) groups excluding carboxylic acids is 2. The van der Waals surface area contributed by atoms with Crippen LogP contribution in [-0.4, -0.2) is 17.9 Å². The summed E-state index contributed by atoms with van der Waals surface area (Å²) >= 11 is 3.44. The number of hydrogen-bond donors (Lipinski definition) is 2. The molecule has 2 amide bonds. The molecule has 0 aromatic heterocycles. The van der Waals surface area contributed by atoms with E-state index in [-0.39, 0.29) is 0 Å². The van der Waals surface area contributed by atoms with Crippen molar-refractivity contribution in [1.29, 1.82) is 0 Å². The molecule has 0 fully saturated rings. The largest absolute Gasteiger partial charge is 0.480 e. The van der Waals surface area contributed by atoms with Crippen LogP contribution >= 0.6 is 15.9 Å². The average Bonchev–Trinajstić information content (AvgIpc) is 2.74. The van der Waals surface area contributed by atoms with Crippen LogP contribution < -0.4 is 15.6 Å². The molecule has 0 heterocycles. The van der Waals surface area contributed by atoms with E-state index in [1.165, 1.54) is 0 Å². The van der Waals surface area contributed by atoms with Crippen molar-refractivity contribution in [2.75, 3.05) is 0 Å². The Hall–Kier alpha value is -3.12. The van der Waals surface area contributed by atoms with Crippen molar-refractivity contribution in [3.05, 3.63) is 87.9 Å². The molecular formula is C24H23BrN2O3. The van der Waals surface area contributed by atoms with Gasteiger partial charge in [-0.2, -0.15) is 0 Å². The summed E-state index contributed by atoms with van der Waals surface area (Å²) in [4.78, 5) is 24.7. The minimum Gasteiger partial charge on any atom is -0.480 e. The summed E-state index contributed by atoms with van der Waals surface area (Å²) < 4.78 is 6.76. The molecular weight excluding hydrogens is 444 g/mol. The van der Waals surface area contributed by atoms with Gasteiger partial charge in [0, 0.05) is 10.0 Å². The van der Waals surface area contributed by atoms with E-state index in [4.69, 9.17) is 4.74 Å². The Balaban J connectivity index is 1.57. The molecule has 0 radical (unpaired) electrons. The molecule has 0 saturated carbocycles. The zero-order valence-corrected chi connectivity index (χ0v) is 18.6. The van der Waals surface area contributed by atoms with Gasteiger partial charge in [-0.25, -0.2) is 0 Å². The Morgan fingerprint density at radius 1 is 0.867 bits per heavy atom. The molecule has 0 bridgehead atoms. The van der Waals surface area contributed by atoms with Gasteiger partial charge in [0.15, 0.2) is 6.10 Å². The fourth-order valence-corrected chi connectivity index (χ4v) is 3.74. The van der Waals surface area contributed by atoms with E-state index < -0.39 is 17.9 Å². The van der Waals surface area contributed by atoms with Crippen molar-refractivity contribution in [3.8, 4) is 16.9 Å². The zero-order valence-electron chi connectivity index (χ0n) is 17.0. The highest BCUT2D eigenvalue weighted by Gasteiger charge is 2.18. The van der Waals surface area contributed by atoms with Gasteiger partial charge in [-0.1, -0.05) is 58.4 Å². The first-order chi connectivity index (χ1) is 14.3. The monoisotopic (exact) mass is 466 g/mol. The Labute approximate surface area is 184 Å². The second kappa shape index (κ2) is 9.59. The molecule has 1 atom stereocenters. The van der Waals surface area contributed by atoms with Gasteiger partial charge in [0.05, 0.1) is 0 Å². The molecule has 154 valence electrons. The molecule has 0 aliphatic rings. The third-order valence-electron chi connectivity index (χ3n) is 4.64. The zero-order chi connectivity index (χ0) is 21.7. The van der Waals surface area contributed by atoms with Crippen LogP contribution in [0.2, 0.25) is 0 Å². The van der Waals surface area contributed by atoms with Crippen molar-refractivity contribution in [2.45, 2.75) is 26.9 Å². The van der Waals surface area contributed by atoms with Crippen LogP contribution in [-0.2, 0) is 4.79 Å². The highest BCUT2D eigenvalue weighted by molar-refractivity contribution is 9.10. The predicted molar refractivity (Wildman–Crippen MR) is 121 cm³/mol. The van der Waals surface area contributed by atoms with E-state index in [2.05, 4.69) is 26.8 Å². The molecule has 0 aliphatic heterocycles.